The summed E-state index contributed by atoms with van der Waals surface area (Å²) >= 11 is 0. The lowest BCUT2D eigenvalue weighted by Gasteiger charge is -2.20. The lowest BCUT2D eigenvalue weighted by molar-refractivity contribution is -0.136. The van der Waals surface area contributed by atoms with Crippen molar-refractivity contribution in [2.24, 2.45) is 17.6 Å². The van der Waals surface area contributed by atoms with E-state index in [0.717, 1.165) is 56.8 Å². The first-order chi connectivity index (χ1) is 12.9. The molecular weight excluding hydrogens is 355 g/mol. The van der Waals surface area contributed by atoms with Crippen LogP contribution in [0.4, 0.5) is 19.0 Å². The van der Waals surface area contributed by atoms with Crippen LogP contribution in [0.5, 0.6) is 0 Å². The van der Waals surface area contributed by atoms with Crippen LogP contribution in [0.25, 0.3) is 5.65 Å². The smallest absolute Gasteiger partial charge is 0.367 e. The molecule has 0 aliphatic heterocycles. The number of anilines is 1. The number of rotatable bonds is 5. The molecule has 3 fully saturated rings. The number of nitrogens with zero attached hydrogens (tertiary/aromatic N) is 3. The summed E-state index contributed by atoms with van der Waals surface area (Å²) in [7, 11) is 0. The molecule has 27 heavy (non-hydrogen) atoms. The van der Waals surface area contributed by atoms with Gasteiger partial charge in [-0.3, -0.25) is 0 Å². The Labute approximate surface area is 155 Å². The van der Waals surface area contributed by atoms with Gasteiger partial charge in [0, 0.05) is 24.1 Å². The zero-order valence-electron chi connectivity index (χ0n) is 15.0. The van der Waals surface area contributed by atoms with Gasteiger partial charge in [0.05, 0.1) is 11.9 Å². The molecular formula is C19H24F3N5. The van der Waals surface area contributed by atoms with E-state index in [4.69, 9.17) is 5.73 Å². The average molecular weight is 379 g/mol. The fourth-order valence-electron chi connectivity index (χ4n) is 4.59. The normalized spacial score (nSPS) is 26.3. The summed E-state index contributed by atoms with van der Waals surface area (Å²) in [6.45, 7) is 0. The Morgan fingerprint density at radius 2 is 1.81 bits per heavy atom. The van der Waals surface area contributed by atoms with Crippen LogP contribution < -0.4 is 11.1 Å². The van der Waals surface area contributed by atoms with Crippen LogP contribution in [-0.2, 0) is 6.18 Å². The minimum absolute atomic E-state index is 0.0869. The van der Waals surface area contributed by atoms with E-state index >= 15 is 0 Å². The average Bonchev–Trinajstić information content (AvgIpc) is 3.51. The second kappa shape index (κ2) is 6.09. The molecule has 146 valence electrons. The highest BCUT2D eigenvalue weighted by Crippen LogP contribution is 2.54. The maximum absolute atomic E-state index is 13.5. The number of hydrogen-bond donors (Lipinski definition) is 2. The number of hydrogen-bond acceptors (Lipinski definition) is 4. The van der Waals surface area contributed by atoms with Crippen molar-refractivity contribution in [1.29, 1.82) is 0 Å². The first-order valence-electron chi connectivity index (χ1n) is 9.88. The number of fused-ring (bicyclic) bond motifs is 1. The molecule has 2 aromatic rings. The van der Waals surface area contributed by atoms with Crippen LogP contribution in [0.1, 0.15) is 62.1 Å². The van der Waals surface area contributed by atoms with Gasteiger partial charge >= 0.3 is 6.18 Å². The van der Waals surface area contributed by atoms with Gasteiger partial charge in [-0.1, -0.05) is 0 Å². The van der Waals surface area contributed by atoms with Gasteiger partial charge in [0.1, 0.15) is 11.4 Å². The predicted molar refractivity (Wildman–Crippen MR) is 95.4 cm³/mol. The molecule has 0 unspecified atom stereocenters. The number of aromatic nitrogens is 3. The molecule has 2 aromatic heterocycles. The van der Waals surface area contributed by atoms with Gasteiger partial charge in [0.25, 0.3) is 0 Å². The number of halogens is 3. The summed E-state index contributed by atoms with van der Waals surface area (Å²) in [4.78, 5) is 4.49. The molecule has 0 radical (unpaired) electrons. The number of alkyl halides is 3. The van der Waals surface area contributed by atoms with Gasteiger partial charge in [0.15, 0.2) is 5.65 Å². The number of nitrogens with one attached hydrogen (secondary N) is 1. The molecule has 3 saturated carbocycles. The lowest BCUT2D eigenvalue weighted by atomic mass is 9.93. The third-order valence-corrected chi connectivity index (χ3v) is 6.22. The summed E-state index contributed by atoms with van der Waals surface area (Å²) in [5.74, 6) is 2.02. The van der Waals surface area contributed by atoms with E-state index in [9.17, 15) is 13.2 Å². The summed E-state index contributed by atoms with van der Waals surface area (Å²) in [6, 6.07) is 2.25. The summed E-state index contributed by atoms with van der Waals surface area (Å²) < 4.78 is 41.8. The van der Waals surface area contributed by atoms with Crippen molar-refractivity contribution in [1.82, 2.24) is 14.6 Å². The van der Waals surface area contributed by atoms with Crippen molar-refractivity contribution >= 4 is 11.5 Å². The molecule has 0 spiro atoms. The van der Waals surface area contributed by atoms with Crippen molar-refractivity contribution in [2.45, 2.75) is 69.1 Å². The lowest BCUT2D eigenvalue weighted by Crippen LogP contribution is -2.22. The zero-order valence-corrected chi connectivity index (χ0v) is 15.0. The Kier molecular flexibility index (Phi) is 3.90. The van der Waals surface area contributed by atoms with Crippen molar-refractivity contribution < 1.29 is 13.2 Å². The van der Waals surface area contributed by atoms with Crippen LogP contribution in [0, 0.1) is 11.8 Å². The Balaban J connectivity index is 1.59. The van der Waals surface area contributed by atoms with Gasteiger partial charge in [-0.15, -0.1) is 0 Å². The third-order valence-electron chi connectivity index (χ3n) is 6.22. The molecule has 3 aliphatic carbocycles. The Morgan fingerprint density at radius 3 is 2.37 bits per heavy atom. The molecule has 3 N–H and O–H groups in total. The quantitative estimate of drug-likeness (QED) is 0.826. The minimum Gasteiger partial charge on any atom is -0.367 e. The van der Waals surface area contributed by atoms with Crippen molar-refractivity contribution in [3.05, 3.63) is 23.5 Å². The molecule has 2 atom stereocenters. The predicted octanol–water partition coefficient (Wildman–Crippen LogP) is 3.94. The van der Waals surface area contributed by atoms with Crippen LogP contribution in [0.2, 0.25) is 0 Å². The summed E-state index contributed by atoms with van der Waals surface area (Å²) in [6.07, 6.45) is 3.70. The van der Waals surface area contributed by atoms with Gasteiger partial charge in [-0.2, -0.15) is 22.8 Å². The third kappa shape index (κ3) is 3.28. The standard InChI is InChI=1S/C19H24F3N5/c20-19(21,22)14-9-24-27-16(25-13-6-5-12(23)7-13)8-15(26-18(14)27)17(10-1-2-10)11-3-4-11/h8-13,17,25H,1-7,23H2/t12-,13-/m0/s1. The molecule has 5 nitrogen and oxygen atoms in total. The molecule has 8 heteroatoms. The molecule has 0 aromatic carbocycles. The fourth-order valence-corrected chi connectivity index (χ4v) is 4.59. The van der Waals surface area contributed by atoms with E-state index in [2.05, 4.69) is 15.4 Å². The topological polar surface area (TPSA) is 68.2 Å². The largest absolute Gasteiger partial charge is 0.421 e. The van der Waals surface area contributed by atoms with E-state index < -0.39 is 11.7 Å². The summed E-state index contributed by atoms with van der Waals surface area (Å²) in [5, 5.41) is 7.41. The van der Waals surface area contributed by atoms with Crippen molar-refractivity contribution in [2.75, 3.05) is 5.32 Å². The first kappa shape index (κ1) is 17.3. The van der Waals surface area contributed by atoms with E-state index in [-0.39, 0.29) is 23.6 Å². The highest BCUT2D eigenvalue weighted by atomic mass is 19.4. The first-order valence-corrected chi connectivity index (χ1v) is 9.88. The van der Waals surface area contributed by atoms with Crippen LogP contribution in [0.15, 0.2) is 12.3 Å². The molecule has 0 saturated heterocycles. The number of nitrogens with two attached hydrogens (primary N) is 1. The Bertz CT molecular complexity index is 841. The zero-order chi connectivity index (χ0) is 18.8. The van der Waals surface area contributed by atoms with Crippen LogP contribution in [0.3, 0.4) is 0 Å². The van der Waals surface area contributed by atoms with Gasteiger partial charge in [0.2, 0.25) is 0 Å². The van der Waals surface area contributed by atoms with E-state index in [1.165, 1.54) is 4.52 Å². The minimum atomic E-state index is -4.46. The SMILES string of the molecule is N[C@H]1CC[C@H](Nc2cc(C(C3CC3)C3CC3)nc3c(C(F)(F)F)cnn23)C1. The highest BCUT2D eigenvalue weighted by Gasteiger charge is 2.44. The second-order valence-electron chi connectivity index (χ2n) is 8.47. The molecule has 3 aliphatic rings. The van der Waals surface area contributed by atoms with E-state index in [1.807, 2.05) is 6.07 Å². The van der Waals surface area contributed by atoms with E-state index in [0.29, 0.717) is 17.7 Å². The molecule has 0 amide bonds. The monoisotopic (exact) mass is 379 g/mol. The highest BCUT2D eigenvalue weighted by molar-refractivity contribution is 5.56. The van der Waals surface area contributed by atoms with E-state index in [1.54, 1.807) is 0 Å². The van der Waals surface area contributed by atoms with Gasteiger partial charge in [-0.05, 0) is 56.8 Å². The second-order valence-corrected chi connectivity index (χ2v) is 8.47. The van der Waals surface area contributed by atoms with Crippen molar-refractivity contribution in [3.63, 3.8) is 0 Å². The molecule has 5 rings (SSSR count). The Hall–Kier alpha value is -1.83. The van der Waals surface area contributed by atoms with Gasteiger partial charge in [-0.25, -0.2) is 4.98 Å². The molecule has 0 bridgehead atoms. The van der Waals surface area contributed by atoms with Crippen LogP contribution in [-0.4, -0.2) is 26.7 Å². The Morgan fingerprint density at radius 1 is 1.11 bits per heavy atom. The van der Waals surface area contributed by atoms with Crippen molar-refractivity contribution in [3.8, 4) is 0 Å². The maximum Gasteiger partial charge on any atom is 0.421 e. The maximum atomic E-state index is 13.5. The molecule has 2 heterocycles. The van der Waals surface area contributed by atoms with Gasteiger partial charge < -0.3 is 11.1 Å². The fraction of sp³-hybridized carbons (Fsp3) is 0.684. The van der Waals surface area contributed by atoms with Crippen LogP contribution >= 0.6 is 0 Å². The summed E-state index contributed by atoms with van der Waals surface area (Å²) in [5.41, 5.74) is 5.95.